The number of benzene rings is 3. The summed E-state index contributed by atoms with van der Waals surface area (Å²) in [7, 11) is 2.37. The highest BCUT2D eigenvalue weighted by Crippen LogP contribution is 2.48. The average molecular weight is 1300 g/mol. The van der Waals surface area contributed by atoms with E-state index >= 15 is 0 Å². The molecule has 6 aliphatic rings. The van der Waals surface area contributed by atoms with Gasteiger partial charge < -0.3 is 59.8 Å². The van der Waals surface area contributed by atoms with Crippen molar-refractivity contribution >= 4 is 17.9 Å². The highest BCUT2D eigenvalue weighted by Gasteiger charge is 2.45. The van der Waals surface area contributed by atoms with Crippen molar-refractivity contribution in [2.45, 2.75) is 195 Å². The summed E-state index contributed by atoms with van der Waals surface area (Å²) in [6, 6.07) is -16.1. The summed E-state index contributed by atoms with van der Waals surface area (Å²) in [6.45, 7) is -10.5. The quantitative estimate of drug-likeness (QED) is 0.0666. The summed E-state index contributed by atoms with van der Waals surface area (Å²) in [6.07, 6.45) is -28.1. The predicted octanol–water partition coefficient (Wildman–Crippen LogP) is 10.7. The van der Waals surface area contributed by atoms with E-state index in [9.17, 15) is 19.9 Å². The van der Waals surface area contributed by atoms with Crippen LogP contribution in [-0.2, 0) is 47.7 Å². The molecule has 18 nitrogen and oxygen atoms in total. The molecule has 90 heavy (non-hydrogen) atoms. The monoisotopic (exact) mass is 1300 g/mol. The molecule has 504 valence electrons. The van der Waals surface area contributed by atoms with Gasteiger partial charge in [-0.3, -0.25) is 29.1 Å². The zero-order valence-electron chi connectivity index (χ0n) is 96.1. The Labute approximate surface area is 599 Å². The van der Waals surface area contributed by atoms with Crippen LogP contribution in [0.2, 0.25) is 0 Å². The van der Waals surface area contributed by atoms with Gasteiger partial charge in [-0.15, -0.1) is 0 Å². The first-order valence-electron chi connectivity index (χ1n) is 50.5. The lowest BCUT2D eigenvalue weighted by Gasteiger charge is -2.47. The number of carbonyl (C=O) groups is 3. The lowest BCUT2D eigenvalue weighted by molar-refractivity contribution is -0.161. The van der Waals surface area contributed by atoms with Crippen molar-refractivity contribution in [3.63, 3.8) is 0 Å². The fourth-order valence-electron chi connectivity index (χ4n) is 10.1. The van der Waals surface area contributed by atoms with Crippen molar-refractivity contribution < 1.29 is 116 Å². The SMILES string of the molecule is [2H]c1c(OC)c(OC([2H])([2H])[2H])c([2H])c2c1C1([2H])CC(OC(=O)[C@@H](N)C(C)C)C(C([2H])([2H])C([2H])(C)C([2H])([2H])[2H])CN1C([2H])([2H])C2([2H])[2H].[2H]c1c(OC)c(OC)c([2H])c2c1C1([2H])CC(OC(=O)[C@@H](N)C(C)C)C(C([2H])([2H])C([2H])(C)C([2H])([2H])[2H])CN1C([2H])([2H])C2([2H])[2H].[2H]c1c(OC)c(OC)c([2H])c2c1C1([2H])CC([2H])(OC(=O)[C@@H](N)C(C)C)C(C([2H])([2H])C([2H])(C)C([2H])([2H])[2H])CN1C([2H])([2H])C2([2H])[2H]. The number of fused-ring (bicyclic) bond motifs is 9. The molecule has 6 aliphatic heterocycles. The van der Waals surface area contributed by atoms with Gasteiger partial charge in [-0.1, -0.05) is 82.9 Å². The normalized spacial score (nSPS) is 41.5. The van der Waals surface area contributed by atoms with Crippen LogP contribution in [0.4, 0.5) is 0 Å². The molecule has 9 rings (SSSR count). The molecule has 3 aromatic rings. The van der Waals surface area contributed by atoms with Crippen molar-refractivity contribution in [1.82, 2.24) is 14.7 Å². The van der Waals surface area contributed by atoms with E-state index in [0.29, 0.717) is 14.7 Å². The summed E-state index contributed by atoms with van der Waals surface area (Å²) in [5, 5.41) is 0. The highest BCUT2D eigenvalue weighted by atomic mass is 16.6. The summed E-state index contributed by atoms with van der Waals surface area (Å²) in [5.74, 6) is -22.3. The van der Waals surface area contributed by atoms with E-state index in [4.69, 9.17) is 113 Å². The molecule has 15 atom stereocenters. The number of rotatable bonds is 21. The fourth-order valence-corrected chi connectivity index (χ4v) is 10.1. The predicted molar refractivity (Wildman–Crippen MR) is 353 cm³/mol. The van der Waals surface area contributed by atoms with Crippen LogP contribution < -0.4 is 45.6 Å². The topological polar surface area (TPSA) is 222 Å². The Balaban J connectivity index is 0.000000273. The molecule has 12 unspecified atom stereocenters. The van der Waals surface area contributed by atoms with Crippen molar-refractivity contribution in [3.05, 3.63) is 69.6 Å². The summed E-state index contributed by atoms with van der Waals surface area (Å²) >= 11 is 0. The molecule has 0 radical (unpaired) electrons. The van der Waals surface area contributed by atoms with Crippen LogP contribution >= 0.6 is 0 Å². The lowest BCUT2D eigenvalue weighted by atomic mass is 9.79. The molecule has 0 aliphatic carbocycles. The smallest absolute Gasteiger partial charge is 0.323 e. The van der Waals surface area contributed by atoms with E-state index in [1.54, 1.807) is 41.5 Å². The summed E-state index contributed by atoms with van der Waals surface area (Å²) in [5.41, 5.74) is 13.8. The average Bonchev–Trinajstić information content (AvgIpc) is 0.677. The maximum Gasteiger partial charge on any atom is 0.323 e. The second kappa shape index (κ2) is 32.5. The first-order valence-corrected chi connectivity index (χ1v) is 29.0. The molecule has 6 heterocycles. The first kappa shape index (κ1) is 33.1. The largest absolute Gasteiger partial charge is 0.493 e. The minimum atomic E-state index is -3.31. The van der Waals surface area contributed by atoms with Gasteiger partial charge in [0.25, 0.3) is 0 Å². The van der Waals surface area contributed by atoms with Gasteiger partial charge in [-0.05, 0) is 143 Å². The molecular weight excluding hydrogens is 1140 g/mol. The lowest BCUT2D eigenvalue weighted by Crippen LogP contribution is -2.51. The number of nitrogens with zero attached hydrogens (tertiary/aromatic N) is 3. The number of esters is 3. The van der Waals surface area contributed by atoms with Crippen LogP contribution in [-0.4, -0.2) is 151 Å². The van der Waals surface area contributed by atoms with Crippen molar-refractivity contribution in [2.75, 3.05) is 81.7 Å². The maximum absolute atomic E-state index is 13.2. The zero-order chi connectivity index (χ0) is 104. The van der Waals surface area contributed by atoms with Gasteiger partial charge in [-0.25, -0.2) is 0 Å². The Hall–Kier alpha value is -5.37. The van der Waals surface area contributed by atoms with Crippen LogP contribution in [0.3, 0.4) is 0 Å². The second-order valence-electron chi connectivity index (χ2n) is 22.8. The molecule has 3 aromatic carbocycles. The molecule has 0 amide bonds. The molecule has 0 aromatic heterocycles. The minimum absolute atomic E-state index is 0.329. The van der Waals surface area contributed by atoms with E-state index in [1.165, 1.54) is 7.11 Å². The number of ether oxygens (including phenoxy) is 9. The molecule has 3 saturated heterocycles. The number of piperidine rings is 3. The van der Waals surface area contributed by atoms with Gasteiger partial charge >= 0.3 is 17.9 Å². The van der Waals surface area contributed by atoms with Gasteiger partial charge in [0.15, 0.2) is 34.5 Å². The third-order valence-corrected chi connectivity index (χ3v) is 15.2. The Morgan fingerprint density at radius 3 is 1.12 bits per heavy atom. The van der Waals surface area contributed by atoms with E-state index in [1.807, 2.05) is 0 Å². The van der Waals surface area contributed by atoms with E-state index in [2.05, 4.69) is 0 Å². The van der Waals surface area contributed by atoms with E-state index in [0.717, 1.165) is 49.2 Å². The van der Waals surface area contributed by atoms with Crippen molar-refractivity contribution in [2.24, 2.45) is 70.4 Å². The number of methoxy groups -OCH3 is 6. The molecule has 0 spiro atoms. The Morgan fingerprint density at radius 1 is 0.500 bits per heavy atom. The molecule has 0 saturated carbocycles. The highest BCUT2D eigenvalue weighted by molar-refractivity contribution is 5.77. The van der Waals surface area contributed by atoms with E-state index in [-0.39, 0.29) is 11.5 Å². The summed E-state index contributed by atoms with van der Waals surface area (Å²) in [4.78, 5) is 41.1. The van der Waals surface area contributed by atoms with Crippen LogP contribution in [0.5, 0.6) is 34.5 Å². The van der Waals surface area contributed by atoms with Crippen LogP contribution in [0, 0.1) is 53.2 Å². The minimum Gasteiger partial charge on any atom is -0.493 e. The Kier molecular flexibility index (Phi) is 12.0. The number of carbonyl (C=O) groups excluding carboxylic acids is 3. The zero-order valence-corrected chi connectivity index (χ0v) is 53.1. The van der Waals surface area contributed by atoms with Crippen molar-refractivity contribution in [3.8, 4) is 34.5 Å². The van der Waals surface area contributed by atoms with E-state index < -0.39 is 342 Å². The van der Waals surface area contributed by atoms with Gasteiger partial charge in [0, 0.05) is 135 Å². The molecule has 18 heteroatoms. The van der Waals surface area contributed by atoms with Crippen LogP contribution in [0.15, 0.2) is 36.3 Å². The maximum atomic E-state index is 13.2. The number of nitrogens with two attached hydrogens (primary N) is 3. The van der Waals surface area contributed by atoms with Gasteiger partial charge in [0.2, 0.25) is 0 Å². The summed E-state index contributed by atoms with van der Waals surface area (Å²) < 4.78 is 417. The first-order chi connectivity index (χ1) is 59.3. The van der Waals surface area contributed by atoms with Gasteiger partial charge in [0.05, 0.1) is 60.4 Å². The molecular formula is C72H114N6O12. The second-order valence-corrected chi connectivity index (χ2v) is 22.8. The van der Waals surface area contributed by atoms with Gasteiger partial charge in [-0.2, -0.15) is 0 Å². The Morgan fingerprint density at radius 2 is 0.800 bits per heavy atom. The Bertz CT molecular complexity index is 4890. The van der Waals surface area contributed by atoms with Crippen molar-refractivity contribution in [1.29, 1.82) is 0 Å². The fraction of sp³-hybridized carbons (Fsp3) is 0.708. The molecule has 0 bridgehead atoms. The standard InChI is InChI=1S/3C24H38N2O4/c3*1-14(2)9-17-13-26-8-7-16-10-21(28-5)22(29-6)11-18(16)19(26)12-20(17)30-24(27)23(25)15(3)4/h3*10-11,14-15,17,19-20,23H,7-9,12-13,25H2,1-6H3/t3*17?,19?,20?,23-/m000/s1/i1D3,7D2,8D2,9D2,10D,11D,14D,19D,20D;1D3,5D3,7D2,8D2,9D2,10D,11D,14D,19D;1D3,7D2,8D2,9D2,10D,11D,14D,19D/t3*14?,17?,19?,20?,23-. The molecule has 3 fully saturated rings. The van der Waals surface area contributed by atoms with Gasteiger partial charge in [0.1, 0.15) is 36.4 Å². The number of hydrogen-bond donors (Lipinski definition) is 3. The number of hydrogen-bond acceptors (Lipinski definition) is 18. The third-order valence-electron chi connectivity index (χ3n) is 15.2. The third kappa shape index (κ3) is 17.5. The van der Waals surface area contributed by atoms with Crippen LogP contribution in [0.1, 0.15) is 232 Å². The molecule has 6 N–H and O–H groups in total. The van der Waals surface area contributed by atoms with Crippen LogP contribution in [0.25, 0.3) is 0 Å².